The highest BCUT2D eigenvalue weighted by Crippen LogP contribution is 2.41. The van der Waals surface area contributed by atoms with Crippen molar-refractivity contribution in [3.05, 3.63) is 66.0 Å². The maximum atomic E-state index is 11.4. The summed E-state index contributed by atoms with van der Waals surface area (Å²) in [5.74, 6) is 0.0436. The number of aromatic nitrogens is 2. The number of hydrogen-bond acceptors (Lipinski definition) is 6. The van der Waals surface area contributed by atoms with Crippen molar-refractivity contribution in [2.45, 2.75) is 13.0 Å². The highest BCUT2D eigenvalue weighted by molar-refractivity contribution is 5.92. The van der Waals surface area contributed by atoms with Crippen LogP contribution >= 0.6 is 0 Å². The van der Waals surface area contributed by atoms with Gasteiger partial charge in [-0.1, -0.05) is 36.4 Å². The van der Waals surface area contributed by atoms with Crippen LogP contribution in [0.2, 0.25) is 0 Å². The van der Waals surface area contributed by atoms with Crippen LogP contribution in [0.1, 0.15) is 22.3 Å². The molecule has 2 saturated heterocycles. The normalized spacial score (nSPS) is 18.2. The van der Waals surface area contributed by atoms with E-state index in [1.165, 1.54) is 28.7 Å². The quantitative estimate of drug-likeness (QED) is 0.527. The van der Waals surface area contributed by atoms with E-state index >= 15 is 0 Å². The van der Waals surface area contributed by atoms with Crippen LogP contribution in [0.3, 0.4) is 0 Å². The summed E-state index contributed by atoms with van der Waals surface area (Å²) in [6.45, 7) is 5.01. The van der Waals surface area contributed by atoms with Crippen LogP contribution in [0.15, 0.2) is 54.9 Å². The molecule has 7 nitrogen and oxygen atoms in total. The van der Waals surface area contributed by atoms with Gasteiger partial charge in [-0.15, -0.1) is 0 Å². The van der Waals surface area contributed by atoms with Gasteiger partial charge in [-0.3, -0.25) is 14.9 Å². The summed E-state index contributed by atoms with van der Waals surface area (Å²) in [4.78, 5) is 24.7. The molecule has 3 aromatic rings. The van der Waals surface area contributed by atoms with E-state index in [4.69, 9.17) is 5.21 Å². The highest BCUT2D eigenvalue weighted by Gasteiger charge is 2.47. The monoisotopic (exact) mass is 389 g/mol. The Hall–Kier alpha value is -3.03. The molecule has 2 N–H and O–H groups in total. The zero-order valence-corrected chi connectivity index (χ0v) is 16.1. The van der Waals surface area contributed by atoms with Gasteiger partial charge in [0.25, 0.3) is 5.91 Å². The van der Waals surface area contributed by atoms with E-state index in [1.54, 1.807) is 5.48 Å². The fourth-order valence-corrected chi connectivity index (χ4v) is 4.64. The molecule has 0 bridgehead atoms. The first-order valence-electron chi connectivity index (χ1n) is 9.86. The number of benzene rings is 2. The average Bonchev–Trinajstić information content (AvgIpc) is 3.18. The van der Waals surface area contributed by atoms with Crippen molar-refractivity contribution in [3.8, 4) is 0 Å². The van der Waals surface area contributed by atoms with E-state index in [9.17, 15) is 4.79 Å². The van der Waals surface area contributed by atoms with E-state index in [-0.39, 0.29) is 5.56 Å². The van der Waals surface area contributed by atoms with Gasteiger partial charge in [0.15, 0.2) is 0 Å². The molecule has 2 aromatic carbocycles. The van der Waals surface area contributed by atoms with Crippen molar-refractivity contribution in [3.63, 3.8) is 0 Å². The summed E-state index contributed by atoms with van der Waals surface area (Å²) in [5.41, 5.74) is 3.51. The number of hydrogen-bond donors (Lipinski definition) is 2. The van der Waals surface area contributed by atoms with E-state index in [0.29, 0.717) is 11.4 Å². The van der Waals surface area contributed by atoms with Crippen molar-refractivity contribution in [2.75, 3.05) is 31.1 Å². The second-order valence-electron chi connectivity index (χ2n) is 8.21. The van der Waals surface area contributed by atoms with Crippen LogP contribution in [-0.2, 0) is 6.54 Å². The number of amides is 1. The second kappa shape index (κ2) is 7.09. The Morgan fingerprint density at radius 2 is 1.83 bits per heavy atom. The summed E-state index contributed by atoms with van der Waals surface area (Å²) in [6.07, 6.45) is 4.03. The molecule has 2 aliphatic rings. The molecule has 3 heterocycles. The molecule has 0 aliphatic carbocycles. The lowest BCUT2D eigenvalue weighted by atomic mass is 9.79. The minimum absolute atomic E-state index is 0.246. The van der Waals surface area contributed by atoms with Gasteiger partial charge in [-0.25, -0.2) is 15.4 Å². The molecule has 2 aliphatic heterocycles. The zero-order chi connectivity index (χ0) is 19.8. The molecular formula is C22H23N5O2. The van der Waals surface area contributed by atoms with Crippen LogP contribution in [0.5, 0.6) is 0 Å². The number of fused-ring (bicyclic) bond motifs is 1. The average molecular weight is 389 g/mol. The SMILES string of the molecule is O=C(NO)c1cnc(N2CCC3(CN(Cc4ccc5ccccc5c4)C3)C2)nc1. The van der Waals surface area contributed by atoms with E-state index in [2.05, 4.69) is 62.2 Å². The smallest absolute Gasteiger partial charge is 0.277 e. The maximum Gasteiger partial charge on any atom is 0.277 e. The van der Waals surface area contributed by atoms with E-state index in [0.717, 1.165) is 39.1 Å². The zero-order valence-electron chi connectivity index (χ0n) is 16.1. The van der Waals surface area contributed by atoms with Crippen LogP contribution < -0.4 is 10.4 Å². The molecular weight excluding hydrogens is 366 g/mol. The van der Waals surface area contributed by atoms with Gasteiger partial charge in [-0.05, 0) is 28.8 Å². The van der Waals surface area contributed by atoms with E-state index in [1.807, 2.05) is 0 Å². The van der Waals surface area contributed by atoms with Crippen LogP contribution in [-0.4, -0.2) is 52.2 Å². The molecule has 0 atom stereocenters. The van der Waals surface area contributed by atoms with Crippen molar-refractivity contribution in [1.29, 1.82) is 0 Å². The molecule has 7 heteroatoms. The molecule has 1 aromatic heterocycles. The van der Waals surface area contributed by atoms with Gasteiger partial charge in [0, 0.05) is 50.5 Å². The summed E-state index contributed by atoms with van der Waals surface area (Å²) in [7, 11) is 0. The number of carbonyl (C=O) groups excluding carboxylic acids is 1. The molecule has 5 rings (SSSR count). The molecule has 0 unspecified atom stereocenters. The summed E-state index contributed by atoms with van der Waals surface area (Å²) in [5, 5.41) is 11.3. The number of nitrogens with one attached hydrogen (secondary N) is 1. The van der Waals surface area contributed by atoms with Gasteiger partial charge in [0.2, 0.25) is 5.95 Å². The maximum absolute atomic E-state index is 11.4. The van der Waals surface area contributed by atoms with Crippen molar-refractivity contribution < 1.29 is 10.0 Å². The topological polar surface area (TPSA) is 81.6 Å². The van der Waals surface area contributed by atoms with Gasteiger partial charge in [0.05, 0.1) is 5.56 Å². The number of nitrogens with zero attached hydrogens (tertiary/aromatic N) is 4. The van der Waals surface area contributed by atoms with Gasteiger partial charge in [0.1, 0.15) is 0 Å². The lowest BCUT2D eigenvalue weighted by Crippen LogP contribution is -2.56. The summed E-state index contributed by atoms with van der Waals surface area (Å²) in [6, 6.07) is 15.2. The number of anilines is 1. The third kappa shape index (κ3) is 3.43. The Bertz CT molecular complexity index is 1050. The summed E-state index contributed by atoms with van der Waals surface area (Å²) < 4.78 is 0. The van der Waals surface area contributed by atoms with Gasteiger partial charge >= 0.3 is 0 Å². The number of carbonyl (C=O) groups is 1. The van der Waals surface area contributed by atoms with Crippen LogP contribution in [0.25, 0.3) is 10.8 Å². The Morgan fingerprint density at radius 3 is 2.59 bits per heavy atom. The number of likely N-dealkylation sites (tertiary alicyclic amines) is 1. The largest absolute Gasteiger partial charge is 0.340 e. The molecule has 29 heavy (non-hydrogen) atoms. The Kier molecular flexibility index (Phi) is 4.41. The fraction of sp³-hybridized carbons (Fsp3) is 0.318. The molecule has 0 saturated carbocycles. The van der Waals surface area contributed by atoms with Crippen LogP contribution in [0, 0.1) is 5.41 Å². The lowest BCUT2D eigenvalue weighted by molar-refractivity contribution is 0.0117. The predicted octanol–water partition coefficient (Wildman–Crippen LogP) is 2.46. The number of rotatable bonds is 4. The third-order valence-corrected chi connectivity index (χ3v) is 6.06. The van der Waals surface area contributed by atoms with Crippen molar-refractivity contribution in [1.82, 2.24) is 20.3 Å². The van der Waals surface area contributed by atoms with Gasteiger partial charge in [-0.2, -0.15) is 0 Å². The highest BCUT2D eigenvalue weighted by atomic mass is 16.5. The van der Waals surface area contributed by atoms with Gasteiger partial charge < -0.3 is 4.90 Å². The Labute approximate surface area is 168 Å². The third-order valence-electron chi connectivity index (χ3n) is 6.06. The molecule has 1 spiro atoms. The minimum Gasteiger partial charge on any atom is -0.340 e. The van der Waals surface area contributed by atoms with Crippen molar-refractivity contribution >= 4 is 22.6 Å². The standard InChI is InChI=1S/C22H23N5O2/c28-20(25-29)19-10-23-21(24-11-19)27-8-7-22(15-27)13-26(14-22)12-16-5-6-17-3-1-2-4-18(17)9-16/h1-6,9-11,29H,7-8,12-15H2,(H,25,28). The molecule has 148 valence electrons. The lowest BCUT2D eigenvalue weighted by Gasteiger charge is -2.48. The molecule has 1 amide bonds. The fourth-order valence-electron chi connectivity index (χ4n) is 4.64. The molecule has 0 radical (unpaired) electrons. The first-order chi connectivity index (χ1) is 14.1. The van der Waals surface area contributed by atoms with E-state index < -0.39 is 5.91 Å². The molecule has 2 fully saturated rings. The Balaban J connectivity index is 1.19. The van der Waals surface area contributed by atoms with Crippen LogP contribution in [0.4, 0.5) is 5.95 Å². The summed E-state index contributed by atoms with van der Waals surface area (Å²) >= 11 is 0. The van der Waals surface area contributed by atoms with Crippen molar-refractivity contribution in [2.24, 2.45) is 5.41 Å². The Morgan fingerprint density at radius 1 is 1.07 bits per heavy atom. The predicted molar refractivity (Wildman–Crippen MR) is 110 cm³/mol. The first kappa shape index (κ1) is 18.0. The number of hydroxylamine groups is 1. The second-order valence-corrected chi connectivity index (χ2v) is 8.21. The minimum atomic E-state index is -0.599. The first-order valence-corrected chi connectivity index (χ1v) is 9.86.